The first-order valence-corrected chi connectivity index (χ1v) is 4.21. The number of rotatable bonds is 3. The lowest BCUT2D eigenvalue weighted by molar-refractivity contribution is 0.474. The Morgan fingerprint density at radius 3 is 3.08 bits per heavy atom. The van der Waals surface area contributed by atoms with Crippen LogP contribution in [0.1, 0.15) is 19.8 Å². The van der Waals surface area contributed by atoms with Gasteiger partial charge in [0.2, 0.25) is 0 Å². The Balaban J connectivity index is 2.84. The smallest absolute Gasteiger partial charge is 0.196 e. The summed E-state index contributed by atoms with van der Waals surface area (Å²) in [5.74, 6) is 0.839. The van der Waals surface area contributed by atoms with Crippen LogP contribution in [0.2, 0.25) is 0 Å². The van der Waals surface area contributed by atoms with Gasteiger partial charge in [-0.05, 0) is 18.6 Å². The van der Waals surface area contributed by atoms with Gasteiger partial charge in [-0.2, -0.15) is 0 Å². The standard InChI is InChI=1S/C9H13N3O/c1-2-4-8(10)12-9-7(13)5-3-6-11-9/h3,5-6,13H,2,4H2,1H3,(H2,10,11,12). The molecule has 0 bridgehead atoms. The van der Waals surface area contributed by atoms with Crippen LogP contribution in [0.5, 0.6) is 5.75 Å². The summed E-state index contributed by atoms with van der Waals surface area (Å²) in [7, 11) is 0. The first kappa shape index (κ1) is 9.51. The van der Waals surface area contributed by atoms with E-state index in [0.29, 0.717) is 5.84 Å². The van der Waals surface area contributed by atoms with Gasteiger partial charge in [-0.25, -0.2) is 9.98 Å². The topological polar surface area (TPSA) is 71.5 Å². The summed E-state index contributed by atoms with van der Waals surface area (Å²) in [6, 6.07) is 3.18. The zero-order valence-corrected chi connectivity index (χ0v) is 7.57. The summed E-state index contributed by atoms with van der Waals surface area (Å²) in [5.41, 5.74) is 5.58. The summed E-state index contributed by atoms with van der Waals surface area (Å²) in [6.45, 7) is 2.01. The van der Waals surface area contributed by atoms with E-state index in [4.69, 9.17) is 5.73 Å². The van der Waals surface area contributed by atoms with Crippen molar-refractivity contribution in [1.82, 2.24) is 4.98 Å². The molecule has 1 rings (SSSR count). The largest absolute Gasteiger partial charge is 0.504 e. The van der Waals surface area contributed by atoms with Crippen LogP contribution < -0.4 is 5.73 Å². The molecule has 13 heavy (non-hydrogen) atoms. The fraction of sp³-hybridized carbons (Fsp3) is 0.333. The second-order valence-corrected chi connectivity index (χ2v) is 2.70. The highest BCUT2D eigenvalue weighted by atomic mass is 16.3. The lowest BCUT2D eigenvalue weighted by Gasteiger charge is -1.99. The Morgan fingerprint density at radius 1 is 1.69 bits per heavy atom. The van der Waals surface area contributed by atoms with E-state index in [1.54, 1.807) is 12.3 Å². The van der Waals surface area contributed by atoms with Gasteiger partial charge in [0, 0.05) is 12.6 Å². The normalized spacial score (nSPS) is 11.6. The van der Waals surface area contributed by atoms with Gasteiger partial charge in [0.15, 0.2) is 11.6 Å². The Hall–Kier alpha value is -1.58. The van der Waals surface area contributed by atoms with E-state index in [1.165, 1.54) is 6.07 Å². The highest BCUT2D eigenvalue weighted by Crippen LogP contribution is 2.21. The molecule has 0 amide bonds. The van der Waals surface area contributed by atoms with Crippen LogP contribution in [0.4, 0.5) is 5.82 Å². The molecule has 0 fully saturated rings. The minimum atomic E-state index is 0.0570. The second kappa shape index (κ2) is 4.45. The number of hydrogen-bond acceptors (Lipinski definition) is 3. The minimum Gasteiger partial charge on any atom is -0.504 e. The number of nitrogens with two attached hydrogens (primary N) is 1. The molecule has 0 unspecified atom stereocenters. The van der Waals surface area contributed by atoms with Crippen LogP contribution in [0.15, 0.2) is 23.3 Å². The number of aliphatic imine (C=N–C) groups is 1. The predicted octanol–water partition coefficient (Wildman–Crippen LogP) is 1.58. The van der Waals surface area contributed by atoms with Gasteiger partial charge in [-0.15, -0.1) is 0 Å². The van der Waals surface area contributed by atoms with Crippen molar-refractivity contribution in [2.45, 2.75) is 19.8 Å². The van der Waals surface area contributed by atoms with Crippen molar-refractivity contribution in [2.75, 3.05) is 0 Å². The maximum absolute atomic E-state index is 9.30. The molecule has 0 atom stereocenters. The van der Waals surface area contributed by atoms with Crippen molar-refractivity contribution >= 4 is 11.7 Å². The number of amidine groups is 1. The zero-order valence-electron chi connectivity index (χ0n) is 7.57. The summed E-state index contributed by atoms with van der Waals surface area (Å²) < 4.78 is 0. The number of aromatic hydroxyl groups is 1. The maximum Gasteiger partial charge on any atom is 0.196 e. The third-order valence-corrected chi connectivity index (χ3v) is 1.52. The van der Waals surface area contributed by atoms with Gasteiger partial charge < -0.3 is 10.8 Å². The quantitative estimate of drug-likeness (QED) is 0.546. The minimum absolute atomic E-state index is 0.0570. The lowest BCUT2D eigenvalue weighted by atomic mass is 10.3. The molecule has 70 valence electrons. The van der Waals surface area contributed by atoms with Crippen LogP contribution in [0.25, 0.3) is 0 Å². The van der Waals surface area contributed by atoms with Crippen LogP contribution in [0, 0.1) is 0 Å². The molecule has 1 heterocycles. The molecule has 0 aliphatic rings. The summed E-state index contributed by atoms with van der Waals surface area (Å²) in [5, 5.41) is 9.30. The van der Waals surface area contributed by atoms with E-state index in [2.05, 4.69) is 9.98 Å². The Labute approximate surface area is 77.1 Å². The van der Waals surface area contributed by atoms with Gasteiger partial charge >= 0.3 is 0 Å². The Bertz CT molecular complexity index is 309. The third kappa shape index (κ3) is 2.74. The summed E-state index contributed by atoms with van der Waals surface area (Å²) in [6.07, 6.45) is 3.22. The number of pyridine rings is 1. The van der Waals surface area contributed by atoms with Crippen LogP contribution in [-0.4, -0.2) is 15.9 Å². The average molecular weight is 179 g/mol. The molecular formula is C9H13N3O. The molecule has 0 spiro atoms. The van der Waals surface area contributed by atoms with Crippen LogP contribution >= 0.6 is 0 Å². The highest BCUT2D eigenvalue weighted by Gasteiger charge is 1.99. The van der Waals surface area contributed by atoms with Crippen molar-refractivity contribution in [3.63, 3.8) is 0 Å². The fourth-order valence-corrected chi connectivity index (χ4v) is 0.923. The van der Waals surface area contributed by atoms with E-state index < -0.39 is 0 Å². The molecule has 0 saturated carbocycles. The predicted molar refractivity (Wildman–Crippen MR) is 52.1 cm³/mol. The Kier molecular flexibility index (Phi) is 3.25. The van der Waals surface area contributed by atoms with Crippen molar-refractivity contribution in [3.05, 3.63) is 18.3 Å². The van der Waals surface area contributed by atoms with Gasteiger partial charge in [0.05, 0.1) is 0 Å². The molecule has 3 N–H and O–H groups in total. The van der Waals surface area contributed by atoms with Gasteiger partial charge in [0.1, 0.15) is 5.84 Å². The molecule has 0 aliphatic heterocycles. The summed E-state index contributed by atoms with van der Waals surface area (Å²) in [4.78, 5) is 7.86. The maximum atomic E-state index is 9.30. The van der Waals surface area contributed by atoms with E-state index in [9.17, 15) is 5.11 Å². The summed E-state index contributed by atoms with van der Waals surface area (Å²) >= 11 is 0. The SMILES string of the molecule is CCC/C(N)=N/c1ncccc1O. The Morgan fingerprint density at radius 2 is 2.46 bits per heavy atom. The van der Waals surface area contributed by atoms with Crippen LogP contribution in [-0.2, 0) is 0 Å². The van der Waals surface area contributed by atoms with Crippen LogP contribution in [0.3, 0.4) is 0 Å². The number of nitrogens with zero attached hydrogens (tertiary/aromatic N) is 2. The molecule has 0 saturated heterocycles. The zero-order chi connectivity index (χ0) is 9.68. The monoisotopic (exact) mass is 179 g/mol. The highest BCUT2D eigenvalue weighted by molar-refractivity contribution is 5.83. The third-order valence-electron chi connectivity index (χ3n) is 1.52. The second-order valence-electron chi connectivity index (χ2n) is 2.70. The van der Waals surface area contributed by atoms with E-state index in [1.807, 2.05) is 6.92 Å². The van der Waals surface area contributed by atoms with Gasteiger partial charge in [-0.3, -0.25) is 0 Å². The molecule has 4 nitrogen and oxygen atoms in total. The molecule has 0 aliphatic carbocycles. The molecular weight excluding hydrogens is 166 g/mol. The number of hydrogen-bond donors (Lipinski definition) is 2. The average Bonchev–Trinajstić information content (AvgIpc) is 2.09. The molecule has 0 radical (unpaired) electrons. The van der Waals surface area contributed by atoms with Gasteiger partial charge in [-0.1, -0.05) is 6.92 Å². The first-order chi connectivity index (χ1) is 6.24. The molecule has 1 aromatic heterocycles. The van der Waals surface area contributed by atoms with Crippen molar-refractivity contribution in [2.24, 2.45) is 10.7 Å². The van der Waals surface area contributed by atoms with Crippen molar-refractivity contribution in [3.8, 4) is 5.75 Å². The van der Waals surface area contributed by atoms with E-state index >= 15 is 0 Å². The fourth-order valence-electron chi connectivity index (χ4n) is 0.923. The molecule has 0 aromatic carbocycles. The molecule has 4 heteroatoms. The van der Waals surface area contributed by atoms with Gasteiger partial charge in [0.25, 0.3) is 0 Å². The van der Waals surface area contributed by atoms with Crippen molar-refractivity contribution in [1.29, 1.82) is 0 Å². The molecule has 1 aromatic rings. The number of aromatic nitrogens is 1. The lowest BCUT2D eigenvalue weighted by Crippen LogP contribution is -2.10. The first-order valence-electron chi connectivity index (χ1n) is 4.21. The van der Waals surface area contributed by atoms with Crippen molar-refractivity contribution < 1.29 is 5.11 Å². The van der Waals surface area contributed by atoms with E-state index in [-0.39, 0.29) is 11.6 Å². The van der Waals surface area contributed by atoms with E-state index in [0.717, 1.165) is 12.8 Å².